The van der Waals surface area contributed by atoms with E-state index in [0.717, 1.165) is 22.6 Å². The molecule has 7 heteroatoms. The summed E-state index contributed by atoms with van der Waals surface area (Å²) in [4.78, 5) is 27.9. The van der Waals surface area contributed by atoms with E-state index in [4.69, 9.17) is 4.74 Å². The quantitative estimate of drug-likeness (QED) is 0.682. The Hall–Kier alpha value is -3.32. The van der Waals surface area contributed by atoms with Crippen LogP contribution in [0.25, 0.3) is 11.4 Å². The Kier molecular flexibility index (Phi) is 6.23. The third-order valence-corrected chi connectivity index (χ3v) is 5.17. The largest absolute Gasteiger partial charge is 0.372 e. The number of hydrogen-bond acceptors (Lipinski definition) is 6. The molecule has 3 heterocycles. The molecule has 0 radical (unpaired) electrons. The van der Waals surface area contributed by atoms with Crippen molar-refractivity contribution in [1.29, 1.82) is 0 Å². The molecule has 1 fully saturated rings. The number of ether oxygens (including phenoxy) is 1. The third-order valence-electron chi connectivity index (χ3n) is 5.17. The molecular formula is C24H27N5O2. The van der Waals surface area contributed by atoms with Crippen molar-refractivity contribution in [2.75, 3.05) is 18.4 Å². The number of amides is 1. The van der Waals surface area contributed by atoms with Gasteiger partial charge in [-0.25, -0.2) is 9.97 Å². The summed E-state index contributed by atoms with van der Waals surface area (Å²) in [6, 6.07) is 13.4. The fourth-order valence-electron chi connectivity index (χ4n) is 3.77. The Bertz CT molecular complexity index is 1030. The van der Waals surface area contributed by atoms with E-state index >= 15 is 0 Å². The minimum absolute atomic E-state index is 0.0509. The number of carbonyl (C=O) groups is 1. The van der Waals surface area contributed by atoms with E-state index in [2.05, 4.69) is 20.3 Å². The maximum Gasteiger partial charge on any atom is 0.254 e. The van der Waals surface area contributed by atoms with E-state index < -0.39 is 0 Å². The second-order valence-corrected chi connectivity index (χ2v) is 7.97. The zero-order chi connectivity index (χ0) is 21.8. The molecule has 0 saturated carbocycles. The number of hydrogen-bond donors (Lipinski definition) is 1. The maximum atomic E-state index is 12.8. The minimum atomic E-state index is 0.0509. The van der Waals surface area contributed by atoms with Gasteiger partial charge in [-0.05, 0) is 50.6 Å². The van der Waals surface area contributed by atoms with Gasteiger partial charge >= 0.3 is 0 Å². The molecule has 1 aliphatic heterocycles. The van der Waals surface area contributed by atoms with Crippen LogP contribution in [0, 0.1) is 6.92 Å². The summed E-state index contributed by atoms with van der Waals surface area (Å²) in [6.07, 6.45) is 3.58. The molecule has 2 aromatic heterocycles. The van der Waals surface area contributed by atoms with Gasteiger partial charge < -0.3 is 15.0 Å². The highest BCUT2D eigenvalue weighted by Gasteiger charge is 2.26. The highest BCUT2D eigenvalue weighted by Crippen LogP contribution is 2.18. The van der Waals surface area contributed by atoms with Crippen LogP contribution in [0.5, 0.6) is 0 Å². The highest BCUT2D eigenvalue weighted by atomic mass is 16.5. The number of pyridine rings is 1. The molecular weight excluding hydrogens is 390 g/mol. The Morgan fingerprint density at radius 3 is 2.42 bits per heavy atom. The van der Waals surface area contributed by atoms with E-state index in [9.17, 15) is 4.79 Å². The van der Waals surface area contributed by atoms with Gasteiger partial charge in [0.1, 0.15) is 5.82 Å². The molecule has 2 unspecified atom stereocenters. The van der Waals surface area contributed by atoms with Gasteiger partial charge in [0.15, 0.2) is 5.82 Å². The van der Waals surface area contributed by atoms with Crippen molar-refractivity contribution < 1.29 is 9.53 Å². The first-order valence-electron chi connectivity index (χ1n) is 10.5. The number of aromatic nitrogens is 3. The van der Waals surface area contributed by atoms with Crippen LogP contribution in [0.2, 0.25) is 0 Å². The van der Waals surface area contributed by atoms with Gasteiger partial charge in [0, 0.05) is 54.9 Å². The molecule has 1 aromatic carbocycles. The van der Waals surface area contributed by atoms with Crippen LogP contribution in [-0.4, -0.2) is 51.1 Å². The molecule has 0 aliphatic carbocycles. The summed E-state index contributed by atoms with van der Waals surface area (Å²) in [6.45, 7) is 7.80. The fourth-order valence-corrected chi connectivity index (χ4v) is 3.77. The molecule has 1 amide bonds. The Balaban J connectivity index is 1.41. The molecule has 31 heavy (non-hydrogen) atoms. The van der Waals surface area contributed by atoms with Crippen LogP contribution in [0.15, 0.2) is 54.9 Å². The number of nitrogens with one attached hydrogen (secondary N) is 1. The first-order valence-corrected chi connectivity index (χ1v) is 10.5. The average molecular weight is 418 g/mol. The lowest BCUT2D eigenvalue weighted by Gasteiger charge is -2.35. The number of nitrogens with zero attached hydrogens (tertiary/aromatic N) is 4. The van der Waals surface area contributed by atoms with E-state index in [-0.39, 0.29) is 18.1 Å². The fraction of sp³-hybridized carbons (Fsp3) is 0.333. The number of rotatable bonds is 5. The van der Waals surface area contributed by atoms with Crippen molar-refractivity contribution in [2.45, 2.75) is 39.5 Å². The van der Waals surface area contributed by atoms with Gasteiger partial charge in [0.25, 0.3) is 5.91 Å². The van der Waals surface area contributed by atoms with Gasteiger partial charge in [-0.2, -0.15) is 0 Å². The SMILES string of the molecule is Cc1cc(NCc2ccc(C(=O)N3CC(C)OC(C)C3)cc2)nc(-c2ccncc2)n1. The molecule has 1 aliphatic rings. The smallest absolute Gasteiger partial charge is 0.254 e. The summed E-state index contributed by atoms with van der Waals surface area (Å²) in [5, 5.41) is 3.36. The van der Waals surface area contributed by atoms with Gasteiger partial charge in [-0.15, -0.1) is 0 Å². The number of aryl methyl sites for hydroxylation is 1. The molecule has 3 aromatic rings. The van der Waals surface area contributed by atoms with Gasteiger partial charge in [0.2, 0.25) is 0 Å². The van der Waals surface area contributed by atoms with Crippen molar-refractivity contribution in [3.63, 3.8) is 0 Å². The van der Waals surface area contributed by atoms with Crippen LogP contribution in [0.3, 0.4) is 0 Å². The normalized spacial score (nSPS) is 18.6. The lowest BCUT2D eigenvalue weighted by Crippen LogP contribution is -2.48. The monoisotopic (exact) mass is 417 g/mol. The predicted octanol–water partition coefficient (Wildman–Crippen LogP) is 3.71. The summed E-state index contributed by atoms with van der Waals surface area (Å²) >= 11 is 0. The topological polar surface area (TPSA) is 80.2 Å². The minimum Gasteiger partial charge on any atom is -0.372 e. The highest BCUT2D eigenvalue weighted by molar-refractivity contribution is 5.94. The van der Waals surface area contributed by atoms with E-state index in [1.165, 1.54) is 0 Å². The molecule has 1 saturated heterocycles. The van der Waals surface area contributed by atoms with Crippen LogP contribution in [-0.2, 0) is 11.3 Å². The predicted molar refractivity (Wildman–Crippen MR) is 120 cm³/mol. The van der Waals surface area contributed by atoms with Crippen LogP contribution in [0.1, 0.15) is 35.5 Å². The Morgan fingerprint density at radius 2 is 1.74 bits per heavy atom. The lowest BCUT2D eigenvalue weighted by atomic mass is 10.1. The van der Waals surface area contributed by atoms with E-state index in [1.54, 1.807) is 12.4 Å². The van der Waals surface area contributed by atoms with Crippen molar-refractivity contribution in [1.82, 2.24) is 19.9 Å². The number of anilines is 1. The van der Waals surface area contributed by atoms with Gasteiger partial charge in [0.05, 0.1) is 12.2 Å². The third kappa shape index (κ3) is 5.24. The summed E-state index contributed by atoms with van der Waals surface area (Å²) < 4.78 is 5.72. The van der Waals surface area contributed by atoms with Crippen molar-refractivity contribution >= 4 is 11.7 Å². The molecule has 1 N–H and O–H groups in total. The summed E-state index contributed by atoms with van der Waals surface area (Å²) in [7, 11) is 0. The van der Waals surface area contributed by atoms with Crippen LogP contribution >= 0.6 is 0 Å². The number of carbonyl (C=O) groups excluding carboxylic acids is 1. The molecule has 4 rings (SSSR count). The molecule has 7 nitrogen and oxygen atoms in total. The molecule has 2 atom stereocenters. The summed E-state index contributed by atoms with van der Waals surface area (Å²) in [5.41, 5.74) is 3.58. The molecule has 0 bridgehead atoms. The average Bonchev–Trinajstić information content (AvgIpc) is 2.77. The van der Waals surface area contributed by atoms with E-state index in [1.807, 2.05) is 68.1 Å². The molecule has 160 valence electrons. The number of morpholine rings is 1. The first kappa shape index (κ1) is 20.9. The zero-order valence-electron chi connectivity index (χ0n) is 18.1. The van der Waals surface area contributed by atoms with Crippen LogP contribution in [0.4, 0.5) is 5.82 Å². The Morgan fingerprint density at radius 1 is 1.06 bits per heavy atom. The van der Waals surface area contributed by atoms with E-state index in [0.29, 0.717) is 31.0 Å². The van der Waals surface area contributed by atoms with Gasteiger partial charge in [-0.1, -0.05) is 12.1 Å². The second-order valence-electron chi connectivity index (χ2n) is 7.97. The van der Waals surface area contributed by atoms with Crippen molar-refractivity contribution in [3.05, 3.63) is 71.7 Å². The zero-order valence-corrected chi connectivity index (χ0v) is 18.1. The second kappa shape index (κ2) is 9.22. The van der Waals surface area contributed by atoms with Gasteiger partial charge in [-0.3, -0.25) is 9.78 Å². The Labute approximate surface area is 182 Å². The first-order chi connectivity index (χ1) is 15.0. The standard InChI is InChI=1S/C24H27N5O2/c1-16-12-22(28-23(27-16)20-8-10-25-11-9-20)26-13-19-4-6-21(7-5-19)24(30)29-14-17(2)31-18(3)15-29/h4-12,17-18H,13-15H2,1-3H3,(H,26,27,28). The van der Waals surface area contributed by atoms with Crippen molar-refractivity contribution in [2.24, 2.45) is 0 Å². The van der Waals surface area contributed by atoms with Crippen molar-refractivity contribution in [3.8, 4) is 11.4 Å². The molecule has 0 spiro atoms. The maximum absolute atomic E-state index is 12.8. The summed E-state index contributed by atoms with van der Waals surface area (Å²) in [5.74, 6) is 1.48. The van der Waals surface area contributed by atoms with Crippen LogP contribution < -0.4 is 5.32 Å². The number of benzene rings is 1. The lowest BCUT2D eigenvalue weighted by molar-refractivity contribution is -0.0586.